The fraction of sp³-hybridized carbons (Fsp3) is 0.154. The van der Waals surface area contributed by atoms with Gasteiger partial charge in [-0.05, 0) is 58.1 Å². The van der Waals surface area contributed by atoms with Gasteiger partial charge in [0.05, 0.1) is 12.1 Å². The zero-order valence-electron chi connectivity index (χ0n) is 9.67. The standard InChI is InChI=1S/C13H11BrFNOS/c1-8-4-5-18-12(8)7-16-13(17)10-3-2-9(15)6-11(10)14/h2-6H,7H2,1H3,(H,16,17). The van der Waals surface area contributed by atoms with Crippen LogP contribution in [0.2, 0.25) is 0 Å². The maximum absolute atomic E-state index is 12.9. The molecule has 0 aliphatic heterocycles. The van der Waals surface area contributed by atoms with Crippen molar-refractivity contribution in [3.63, 3.8) is 0 Å². The van der Waals surface area contributed by atoms with Gasteiger partial charge < -0.3 is 5.32 Å². The van der Waals surface area contributed by atoms with Crippen molar-refractivity contribution >= 4 is 33.2 Å². The van der Waals surface area contributed by atoms with Crippen LogP contribution in [-0.4, -0.2) is 5.91 Å². The zero-order chi connectivity index (χ0) is 13.1. The van der Waals surface area contributed by atoms with Crippen LogP contribution in [-0.2, 0) is 6.54 Å². The number of carbonyl (C=O) groups excluding carboxylic acids is 1. The first kappa shape index (κ1) is 13.2. The lowest BCUT2D eigenvalue weighted by molar-refractivity contribution is 0.0950. The van der Waals surface area contributed by atoms with E-state index in [0.717, 1.165) is 4.88 Å². The molecule has 18 heavy (non-hydrogen) atoms. The molecule has 0 bridgehead atoms. The van der Waals surface area contributed by atoms with Crippen molar-refractivity contribution in [3.8, 4) is 0 Å². The molecule has 5 heteroatoms. The molecule has 2 rings (SSSR count). The normalized spacial score (nSPS) is 10.4. The van der Waals surface area contributed by atoms with Crippen LogP contribution in [0.4, 0.5) is 4.39 Å². The Bertz CT molecular complexity index is 582. The molecular formula is C13H11BrFNOS. The van der Waals surface area contributed by atoms with Gasteiger partial charge in [-0.1, -0.05) is 0 Å². The van der Waals surface area contributed by atoms with Crippen molar-refractivity contribution in [2.75, 3.05) is 0 Å². The number of carbonyl (C=O) groups is 1. The highest BCUT2D eigenvalue weighted by atomic mass is 79.9. The van der Waals surface area contributed by atoms with E-state index in [0.29, 0.717) is 16.6 Å². The Kier molecular flexibility index (Phi) is 4.14. The lowest BCUT2D eigenvalue weighted by Gasteiger charge is -2.06. The molecule has 0 saturated carbocycles. The van der Waals surface area contributed by atoms with Crippen molar-refractivity contribution in [2.45, 2.75) is 13.5 Å². The van der Waals surface area contributed by atoms with E-state index < -0.39 is 0 Å². The summed E-state index contributed by atoms with van der Waals surface area (Å²) in [6.07, 6.45) is 0. The van der Waals surface area contributed by atoms with Gasteiger partial charge in [-0.15, -0.1) is 11.3 Å². The van der Waals surface area contributed by atoms with Crippen LogP contribution in [0.15, 0.2) is 34.1 Å². The van der Waals surface area contributed by atoms with E-state index >= 15 is 0 Å². The van der Waals surface area contributed by atoms with E-state index in [2.05, 4.69) is 21.2 Å². The number of halogens is 2. The minimum Gasteiger partial charge on any atom is -0.347 e. The summed E-state index contributed by atoms with van der Waals surface area (Å²) in [6, 6.07) is 6.04. The first-order valence-electron chi connectivity index (χ1n) is 5.34. The summed E-state index contributed by atoms with van der Waals surface area (Å²) in [5, 5.41) is 4.81. The molecule has 2 aromatic rings. The van der Waals surface area contributed by atoms with Gasteiger partial charge in [-0.3, -0.25) is 4.79 Å². The second-order valence-corrected chi connectivity index (χ2v) is 5.69. The monoisotopic (exact) mass is 327 g/mol. The zero-order valence-corrected chi connectivity index (χ0v) is 12.1. The highest BCUT2D eigenvalue weighted by Crippen LogP contribution is 2.19. The van der Waals surface area contributed by atoms with Crippen LogP contribution in [0.5, 0.6) is 0 Å². The summed E-state index contributed by atoms with van der Waals surface area (Å²) in [4.78, 5) is 13.1. The molecule has 1 N–H and O–H groups in total. The molecule has 0 aliphatic rings. The van der Waals surface area contributed by atoms with Gasteiger partial charge in [-0.25, -0.2) is 4.39 Å². The third-order valence-electron chi connectivity index (χ3n) is 2.55. The van der Waals surface area contributed by atoms with E-state index in [1.54, 1.807) is 11.3 Å². The molecule has 94 valence electrons. The Morgan fingerprint density at radius 1 is 1.44 bits per heavy atom. The molecule has 0 atom stereocenters. The molecule has 0 radical (unpaired) electrons. The highest BCUT2D eigenvalue weighted by Gasteiger charge is 2.11. The number of hydrogen-bond acceptors (Lipinski definition) is 2. The maximum Gasteiger partial charge on any atom is 0.252 e. The number of amides is 1. The van der Waals surface area contributed by atoms with Crippen molar-refractivity contribution in [2.24, 2.45) is 0 Å². The van der Waals surface area contributed by atoms with Crippen molar-refractivity contribution in [1.82, 2.24) is 5.32 Å². The van der Waals surface area contributed by atoms with E-state index in [-0.39, 0.29) is 11.7 Å². The van der Waals surface area contributed by atoms with Crippen LogP contribution in [0.1, 0.15) is 20.8 Å². The van der Waals surface area contributed by atoms with Gasteiger partial charge in [0.1, 0.15) is 5.82 Å². The van der Waals surface area contributed by atoms with Crippen LogP contribution >= 0.6 is 27.3 Å². The van der Waals surface area contributed by atoms with Gasteiger partial charge in [0, 0.05) is 9.35 Å². The van der Waals surface area contributed by atoms with E-state index in [4.69, 9.17) is 0 Å². The first-order valence-corrected chi connectivity index (χ1v) is 7.01. The predicted octanol–water partition coefficient (Wildman–Crippen LogP) is 3.89. The maximum atomic E-state index is 12.9. The summed E-state index contributed by atoms with van der Waals surface area (Å²) < 4.78 is 13.4. The minimum absolute atomic E-state index is 0.213. The molecule has 1 amide bonds. The Morgan fingerprint density at radius 3 is 2.83 bits per heavy atom. The topological polar surface area (TPSA) is 29.1 Å². The summed E-state index contributed by atoms with van der Waals surface area (Å²) in [5.41, 5.74) is 1.60. The Morgan fingerprint density at radius 2 is 2.22 bits per heavy atom. The Hall–Kier alpha value is -1.20. The third-order valence-corrected chi connectivity index (χ3v) is 4.23. The van der Waals surface area contributed by atoms with Crippen molar-refractivity contribution in [3.05, 3.63) is 55.9 Å². The van der Waals surface area contributed by atoms with Gasteiger partial charge in [0.25, 0.3) is 5.91 Å². The quantitative estimate of drug-likeness (QED) is 0.910. The largest absolute Gasteiger partial charge is 0.347 e. The average Bonchev–Trinajstić information content (AvgIpc) is 2.72. The smallest absolute Gasteiger partial charge is 0.252 e. The molecule has 0 saturated heterocycles. The predicted molar refractivity (Wildman–Crippen MR) is 74.3 cm³/mol. The van der Waals surface area contributed by atoms with Gasteiger partial charge in [0.15, 0.2) is 0 Å². The van der Waals surface area contributed by atoms with E-state index in [1.165, 1.54) is 23.8 Å². The molecule has 0 spiro atoms. The summed E-state index contributed by atoms with van der Waals surface area (Å²) in [6.45, 7) is 2.50. The van der Waals surface area contributed by atoms with Crippen molar-refractivity contribution in [1.29, 1.82) is 0 Å². The number of rotatable bonds is 3. The Labute approximate surface area is 117 Å². The lowest BCUT2D eigenvalue weighted by atomic mass is 10.2. The second-order valence-electron chi connectivity index (χ2n) is 3.83. The second kappa shape index (κ2) is 5.63. The van der Waals surface area contributed by atoms with Gasteiger partial charge in [0.2, 0.25) is 0 Å². The van der Waals surface area contributed by atoms with E-state index in [1.807, 2.05) is 18.4 Å². The summed E-state index contributed by atoms with van der Waals surface area (Å²) in [5.74, 6) is -0.581. The van der Waals surface area contributed by atoms with Crippen molar-refractivity contribution < 1.29 is 9.18 Å². The molecule has 1 aromatic carbocycles. The number of aryl methyl sites for hydroxylation is 1. The molecule has 0 unspecified atom stereocenters. The SMILES string of the molecule is Cc1ccsc1CNC(=O)c1ccc(F)cc1Br. The first-order chi connectivity index (χ1) is 8.58. The Balaban J connectivity index is 2.06. The summed E-state index contributed by atoms with van der Waals surface area (Å²) >= 11 is 4.79. The molecular weight excluding hydrogens is 317 g/mol. The fourth-order valence-corrected chi connectivity index (χ4v) is 2.89. The number of hydrogen-bond donors (Lipinski definition) is 1. The number of benzene rings is 1. The molecule has 0 fully saturated rings. The molecule has 1 heterocycles. The van der Waals surface area contributed by atoms with Crippen LogP contribution < -0.4 is 5.32 Å². The number of thiophene rings is 1. The van der Waals surface area contributed by atoms with Crippen LogP contribution in [0, 0.1) is 12.7 Å². The minimum atomic E-state index is -0.368. The van der Waals surface area contributed by atoms with E-state index in [9.17, 15) is 9.18 Å². The summed E-state index contributed by atoms with van der Waals surface area (Å²) in [7, 11) is 0. The number of nitrogens with one attached hydrogen (secondary N) is 1. The fourth-order valence-electron chi connectivity index (χ4n) is 1.51. The van der Waals surface area contributed by atoms with Gasteiger partial charge in [-0.2, -0.15) is 0 Å². The highest BCUT2D eigenvalue weighted by molar-refractivity contribution is 9.10. The lowest BCUT2D eigenvalue weighted by Crippen LogP contribution is -2.23. The van der Waals surface area contributed by atoms with Gasteiger partial charge >= 0.3 is 0 Å². The molecule has 1 aromatic heterocycles. The average molecular weight is 328 g/mol. The van der Waals surface area contributed by atoms with Crippen LogP contribution in [0.3, 0.4) is 0 Å². The molecule has 2 nitrogen and oxygen atoms in total. The molecule has 0 aliphatic carbocycles. The third kappa shape index (κ3) is 2.97. The van der Waals surface area contributed by atoms with Crippen LogP contribution in [0.25, 0.3) is 0 Å².